The van der Waals surface area contributed by atoms with Crippen LogP contribution in [0, 0.1) is 5.41 Å². The minimum atomic E-state index is 0. The molecule has 1 unspecified atom stereocenters. The summed E-state index contributed by atoms with van der Waals surface area (Å²) in [5.41, 5.74) is 2.30. The lowest BCUT2D eigenvalue weighted by Gasteiger charge is -2.24. The van der Waals surface area contributed by atoms with E-state index in [1.165, 1.54) is 10.6 Å². The number of aliphatic imine (C=N–C) groups is 1. The lowest BCUT2D eigenvalue weighted by molar-refractivity contribution is -0.733. The molecule has 0 fully saturated rings. The van der Waals surface area contributed by atoms with Gasteiger partial charge in [0.2, 0.25) is 5.84 Å². The van der Waals surface area contributed by atoms with Gasteiger partial charge in [-0.3, -0.25) is 4.90 Å². The van der Waals surface area contributed by atoms with Crippen molar-refractivity contribution >= 4 is 28.8 Å². The quantitative estimate of drug-likeness (QED) is 0.861. The molecule has 0 saturated heterocycles. The molecule has 1 aliphatic rings. The summed E-state index contributed by atoms with van der Waals surface area (Å²) < 4.78 is 5.87. The maximum Gasteiger partial charge on any atom is 0.212 e. The molecule has 3 nitrogen and oxygen atoms in total. The second-order valence-electron chi connectivity index (χ2n) is 6.73. The topological polar surface area (TPSA) is 26.0 Å². The van der Waals surface area contributed by atoms with E-state index in [9.17, 15) is 0 Å². The second kappa shape index (κ2) is 7.56. The van der Waals surface area contributed by atoms with Crippen molar-refractivity contribution < 1.29 is 22.0 Å². The van der Waals surface area contributed by atoms with Crippen LogP contribution in [0.3, 0.4) is 0 Å². The van der Waals surface area contributed by atoms with Crippen molar-refractivity contribution in [2.45, 2.75) is 20.8 Å². The Bertz CT molecular complexity index is 738. The average molecular weight is 365 g/mol. The molecule has 1 N–H and O–H groups in total. The fourth-order valence-electron chi connectivity index (χ4n) is 2.84. The van der Waals surface area contributed by atoms with Gasteiger partial charge in [0, 0.05) is 6.07 Å². The van der Waals surface area contributed by atoms with E-state index in [0.717, 1.165) is 23.8 Å². The zero-order valence-corrected chi connectivity index (χ0v) is 15.7. The SMILES string of the molecule is CC(C)(C)C1=Nc2ccccc2[NH+]1CCOc1ccccc1Cl.[Cl-]. The Labute approximate surface area is 154 Å². The van der Waals surface area contributed by atoms with Crippen LogP contribution in [0.4, 0.5) is 11.4 Å². The van der Waals surface area contributed by atoms with Gasteiger partial charge in [-0.05, 0) is 39.0 Å². The van der Waals surface area contributed by atoms with Crippen LogP contribution >= 0.6 is 11.6 Å². The van der Waals surface area contributed by atoms with Crippen molar-refractivity contribution in [3.63, 3.8) is 0 Å². The summed E-state index contributed by atoms with van der Waals surface area (Å²) in [7, 11) is 0. The Hall–Kier alpha value is -1.55. The summed E-state index contributed by atoms with van der Waals surface area (Å²) >= 11 is 6.15. The number of nitrogens with zero attached hydrogens (tertiary/aromatic N) is 1. The number of nitrogens with one attached hydrogen (secondary N) is 1. The number of quaternary nitrogens is 1. The summed E-state index contributed by atoms with van der Waals surface area (Å²) in [5.74, 6) is 1.89. The maximum absolute atomic E-state index is 6.15. The predicted octanol–water partition coefficient (Wildman–Crippen LogP) is 1.03. The van der Waals surface area contributed by atoms with Gasteiger partial charge in [0.25, 0.3) is 0 Å². The highest BCUT2D eigenvalue weighted by molar-refractivity contribution is 6.32. The van der Waals surface area contributed by atoms with Gasteiger partial charge in [-0.25, -0.2) is 0 Å². The molecule has 2 aromatic rings. The standard InChI is InChI=1S/C19H21ClN2O.ClH/c1-19(2,3)18-21-15-9-5-6-10-16(15)22(18)12-13-23-17-11-7-4-8-14(17)20;/h4-11H,12-13H2,1-3H3;1H. The molecule has 3 rings (SSSR count). The molecule has 5 heteroatoms. The van der Waals surface area contributed by atoms with E-state index in [1.807, 2.05) is 30.3 Å². The van der Waals surface area contributed by atoms with Gasteiger partial charge < -0.3 is 17.1 Å². The highest BCUT2D eigenvalue weighted by Gasteiger charge is 2.37. The number of fused-ring (bicyclic) bond motifs is 1. The van der Waals surface area contributed by atoms with E-state index < -0.39 is 0 Å². The van der Waals surface area contributed by atoms with Crippen LogP contribution in [-0.2, 0) is 0 Å². The number of para-hydroxylation sites is 3. The first-order valence-electron chi connectivity index (χ1n) is 7.89. The van der Waals surface area contributed by atoms with Gasteiger partial charge in [-0.15, -0.1) is 0 Å². The first-order chi connectivity index (χ1) is 11.0. The van der Waals surface area contributed by atoms with Gasteiger partial charge in [-0.2, -0.15) is 4.99 Å². The molecule has 0 bridgehead atoms. The van der Waals surface area contributed by atoms with Crippen molar-refractivity contribution in [2.24, 2.45) is 10.4 Å². The lowest BCUT2D eigenvalue weighted by Crippen LogP contribution is -3.11. The third-order valence-electron chi connectivity index (χ3n) is 3.90. The van der Waals surface area contributed by atoms with Crippen LogP contribution < -0.4 is 22.0 Å². The van der Waals surface area contributed by atoms with Gasteiger partial charge in [-0.1, -0.05) is 35.9 Å². The van der Waals surface area contributed by atoms with E-state index in [1.54, 1.807) is 0 Å². The van der Waals surface area contributed by atoms with Crippen LogP contribution in [-0.4, -0.2) is 19.0 Å². The number of ether oxygens (including phenoxy) is 1. The van der Waals surface area contributed by atoms with Crippen LogP contribution in [0.5, 0.6) is 5.75 Å². The van der Waals surface area contributed by atoms with Crippen molar-refractivity contribution in [1.29, 1.82) is 0 Å². The molecule has 0 spiro atoms. The molecule has 24 heavy (non-hydrogen) atoms. The molecule has 128 valence electrons. The number of amidine groups is 1. The Morgan fingerprint density at radius 1 is 1.04 bits per heavy atom. The number of halogens is 2. The molecular formula is C19H22Cl2N2O. The molecule has 1 atom stereocenters. The zero-order valence-electron chi connectivity index (χ0n) is 14.1. The van der Waals surface area contributed by atoms with E-state index in [0.29, 0.717) is 11.6 Å². The lowest BCUT2D eigenvalue weighted by atomic mass is 9.94. The molecule has 0 aliphatic carbocycles. The summed E-state index contributed by atoms with van der Waals surface area (Å²) in [6, 6.07) is 15.9. The van der Waals surface area contributed by atoms with E-state index in [4.69, 9.17) is 21.3 Å². The molecule has 2 aromatic carbocycles. The molecule has 0 amide bonds. The zero-order chi connectivity index (χ0) is 16.4. The first kappa shape index (κ1) is 18.8. The molecule has 0 saturated carbocycles. The largest absolute Gasteiger partial charge is 1.00 e. The molecular weight excluding hydrogens is 343 g/mol. The van der Waals surface area contributed by atoms with Gasteiger partial charge >= 0.3 is 0 Å². The van der Waals surface area contributed by atoms with Crippen LogP contribution in [0.1, 0.15) is 20.8 Å². The van der Waals surface area contributed by atoms with Crippen molar-refractivity contribution in [1.82, 2.24) is 0 Å². The second-order valence-corrected chi connectivity index (χ2v) is 7.14. The fraction of sp³-hybridized carbons (Fsp3) is 0.316. The van der Waals surface area contributed by atoms with Crippen molar-refractivity contribution in [3.8, 4) is 5.75 Å². The summed E-state index contributed by atoms with van der Waals surface area (Å²) in [6.45, 7) is 8.01. The van der Waals surface area contributed by atoms with Crippen molar-refractivity contribution in [3.05, 3.63) is 53.6 Å². The minimum absolute atomic E-state index is 0. The Morgan fingerprint density at radius 2 is 1.71 bits per heavy atom. The first-order valence-corrected chi connectivity index (χ1v) is 8.27. The van der Waals surface area contributed by atoms with E-state index in [-0.39, 0.29) is 17.8 Å². The minimum Gasteiger partial charge on any atom is -1.00 e. The monoisotopic (exact) mass is 364 g/mol. The molecule has 1 heterocycles. The smallest absolute Gasteiger partial charge is 0.212 e. The number of benzene rings is 2. The highest BCUT2D eigenvalue weighted by Crippen LogP contribution is 2.29. The maximum atomic E-state index is 6.15. The fourth-order valence-corrected chi connectivity index (χ4v) is 3.03. The number of hydrogen-bond acceptors (Lipinski definition) is 2. The summed E-state index contributed by atoms with van der Waals surface area (Å²) in [5, 5.41) is 0.647. The number of rotatable bonds is 4. The van der Waals surface area contributed by atoms with Crippen LogP contribution in [0.2, 0.25) is 5.02 Å². The average Bonchev–Trinajstić information content (AvgIpc) is 2.88. The molecule has 0 aromatic heterocycles. The Kier molecular flexibility index (Phi) is 5.92. The third kappa shape index (κ3) is 3.92. The summed E-state index contributed by atoms with van der Waals surface area (Å²) in [6.07, 6.45) is 0. The Balaban J connectivity index is 0.00000208. The Morgan fingerprint density at radius 3 is 2.42 bits per heavy atom. The van der Waals surface area contributed by atoms with Crippen LogP contribution in [0.15, 0.2) is 53.5 Å². The van der Waals surface area contributed by atoms with Gasteiger partial charge in [0.15, 0.2) is 5.69 Å². The van der Waals surface area contributed by atoms with Gasteiger partial charge in [0.1, 0.15) is 24.6 Å². The highest BCUT2D eigenvalue weighted by atomic mass is 35.5. The van der Waals surface area contributed by atoms with Gasteiger partial charge in [0.05, 0.1) is 10.4 Å². The third-order valence-corrected chi connectivity index (χ3v) is 4.22. The van der Waals surface area contributed by atoms with Crippen molar-refractivity contribution in [2.75, 3.05) is 13.2 Å². The normalized spacial score (nSPS) is 16.2. The van der Waals surface area contributed by atoms with E-state index in [2.05, 4.69) is 39.0 Å². The molecule has 0 radical (unpaired) electrons. The predicted molar refractivity (Wildman–Crippen MR) is 95.4 cm³/mol. The summed E-state index contributed by atoms with van der Waals surface area (Å²) in [4.78, 5) is 6.12. The van der Waals surface area contributed by atoms with Crippen LogP contribution in [0.25, 0.3) is 0 Å². The number of hydrogen-bond donors (Lipinski definition) is 1. The van der Waals surface area contributed by atoms with E-state index >= 15 is 0 Å². The molecule has 1 aliphatic heterocycles.